The van der Waals surface area contributed by atoms with Gasteiger partial charge in [0.15, 0.2) is 0 Å². The predicted octanol–water partition coefficient (Wildman–Crippen LogP) is 3.81. The van der Waals surface area contributed by atoms with Gasteiger partial charge in [0.25, 0.3) is 0 Å². The van der Waals surface area contributed by atoms with Crippen LogP contribution in [0.1, 0.15) is 12.5 Å². The van der Waals surface area contributed by atoms with Crippen LogP contribution in [0.25, 0.3) is 5.57 Å². The Bertz CT molecular complexity index is 488. The number of nitrogens with zero attached hydrogens (tertiary/aromatic N) is 2. The lowest BCUT2D eigenvalue weighted by Crippen LogP contribution is -1.86. The molecule has 0 aliphatic carbocycles. The number of nitriles is 2. The first-order valence-electron chi connectivity index (χ1n) is 4.07. The fourth-order valence-corrected chi connectivity index (χ4v) is 1.56. The van der Waals surface area contributed by atoms with Crippen LogP contribution < -0.4 is 0 Å². The van der Waals surface area contributed by atoms with Gasteiger partial charge in [-0.2, -0.15) is 10.5 Å². The van der Waals surface area contributed by atoms with E-state index in [1.54, 1.807) is 25.1 Å². The average molecular weight is 237 g/mol. The molecule has 0 atom stereocenters. The molecule has 0 bridgehead atoms. The van der Waals surface area contributed by atoms with E-state index in [4.69, 9.17) is 33.7 Å². The van der Waals surface area contributed by atoms with Crippen LogP contribution in [0.4, 0.5) is 0 Å². The Balaban J connectivity index is 3.44. The van der Waals surface area contributed by atoms with E-state index in [-0.39, 0.29) is 5.57 Å². The van der Waals surface area contributed by atoms with E-state index >= 15 is 0 Å². The molecule has 0 aliphatic heterocycles. The maximum atomic E-state index is 8.71. The van der Waals surface area contributed by atoms with Crippen LogP contribution in [0.15, 0.2) is 23.8 Å². The number of allylic oxidation sites excluding steroid dienone is 2. The molecule has 0 unspecified atom stereocenters. The minimum atomic E-state index is 0.0409. The van der Waals surface area contributed by atoms with Gasteiger partial charge in [0.05, 0.1) is 10.0 Å². The van der Waals surface area contributed by atoms with Crippen molar-refractivity contribution in [3.8, 4) is 12.1 Å². The van der Waals surface area contributed by atoms with E-state index in [1.807, 2.05) is 12.1 Å². The predicted molar refractivity (Wildman–Crippen MR) is 60.3 cm³/mol. The van der Waals surface area contributed by atoms with E-state index in [2.05, 4.69) is 0 Å². The second-order valence-electron chi connectivity index (χ2n) is 2.82. The standard InChI is InChI=1S/C11H6Cl2N2/c1-7(8(5-14)6-15)9-3-2-4-10(12)11(9)13/h2-4H,1H3. The zero-order valence-electron chi connectivity index (χ0n) is 7.88. The maximum Gasteiger partial charge on any atom is 0.133 e. The summed E-state index contributed by atoms with van der Waals surface area (Å²) in [6.45, 7) is 1.67. The van der Waals surface area contributed by atoms with Gasteiger partial charge in [-0.25, -0.2) is 0 Å². The van der Waals surface area contributed by atoms with Crippen LogP contribution in [0.3, 0.4) is 0 Å². The smallest absolute Gasteiger partial charge is 0.133 e. The van der Waals surface area contributed by atoms with Crippen molar-refractivity contribution < 1.29 is 0 Å². The number of halogens is 2. The molecule has 0 aromatic heterocycles. The Morgan fingerprint density at radius 1 is 1.20 bits per heavy atom. The van der Waals surface area contributed by atoms with Crippen molar-refractivity contribution in [3.05, 3.63) is 39.4 Å². The summed E-state index contributed by atoms with van der Waals surface area (Å²) >= 11 is 11.8. The Kier molecular flexibility index (Phi) is 3.74. The molecule has 4 heteroatoms. The van der Waals surface area contributed by atoms with E-state index < -0.39 is 0 Å². The largest absolute Gasteiger partial charge is 0.192 e. The third-order valence-electron chi connectivity index (χ3n) is 1.95. The molecule has 0 saturated carbocycles. The number of hydrogen-bond donors (Lipinski definition) is 0. The second kappa shape index (κ2) is 4.84. The topological polar surface area (TPSA) is 47.6 Å². The zero-order chi connectivity index (χ0) is 11.4. The molecule has 2 nitrogen and oxygen atoms in total. The summed E-state index contributed by atoms with van der Waals surface area (Å²) in [5.41, 5.74) is 1.19. The van der Waals surface area contributed by atoms with Crippen LogP contribution in [0, 0.1) is 22.7 Å². The van der Waals surface area contributed by atoms with Crippen LogP contribution in [0.2, 0.25) is 10.0 Å². The quantitative estimate of drug-likeness (QED) is 0.697. The summed E-state index contributed by atoms with van der Waals surface area (Å²) in [5, 5.41) is 18.2. The molecular weight excluding hydrogens is 231 g/mol. The molecule has 0 spiro atoms. The molecule has 0 saturated heterocycles. The molecule has 0 N–H and O–H groups in total. The zero-order valence-corrected chi connectivity index (χ0v) is 9.39. The highest BCUT2D eigenvalue weighted by molar-refractivity contribution is 6.43. The van der Waals surface area contributed by atoms with E-state index in [1.165, 1.54) is 0 Å². The summed E-state index contributed by atoms with van der Waals surface area (Å²) < 4.78 is 0. The van der Waals surface area contributed by atoms with Gasteiger partial charge in [-0.05, 0) is 24.1 Å². The van der Waals surface area contributed by atoms with Crippen molar-refractivity contribution in [2.45, 2.75) is 6.92 Å². The SMILES string of the molecule is CC(=C(C#N)C#N)c1cccc(Cl)c1Cl. The third kappa shape index (κ3) is 2.30. The highest BCUT2D eigenvalue weighted by Gasteiger charge is 2.09. The van der Waals surface area contributed by atoms with Crippen molar-refractivity contribution in [3.63, 3.8) is 0 Å². The first-order chi connectivity index (χ1) is 7.11. The molecule has 0 heterocycles. The van der Waals surface area contributed by atoms with Gasteiger partial charge in [0, 0.05) is 0 Å². The summed E-state index contributed by atoms with van der Waals surface area (Å²) in [5.74, 6) is 0. The van der Waals surface area contributed by atoms with E-state index in [0.717, 1.165) is 0 Å². The Morgan fingerprint density at radius 3 is 2.33 bits per heavy atom. The summed E-state index contributed by atoms with van der Waals surface area (Å²) in [6.07, 6.45) is 0. The summed E-state index contributed by atoms with van der Waals surface area (Å²) in [6, 6.07) is 8.72. The van der Waals surface area contributed by atoms with E-state index in [9.17, 15) is 0 Å². The Hall–Kier alpha value is -1.48. The second-order valence-corrected chi connectivity index (χ2v) is 3.61. The number of rotatable bonds is 1. The highest BCUT2D eigenvalue weighted by atomic mass is 35.5. The van der Waals surface area contributed by atoms with Gasteiger partial charge < -0.3 is 0 Å². The number of benzene rings is 1. The van der Waals surface area contributed by atoms with Gasteiger partial charge in [0.2, 0.25) is 0 Å². The van der Waals surface area contributed by atoms with Gasteiger partial charge >= 0.3 is 0 Å². The molecule has 74 valence electrons. The van der Waals surface area contributed by atoms with Crippen LogP contribution in [-0.4, -0.2) is 0 Å². The molecule has 0 fully saturated rings. The first-order valence-corrected chi connectivity index (χ1v) is 4.83. The minimum Gasteiger partial charge on any atom is -0.192 e. The minimum absolute atomic E-state index is 0.0409. The average Bonchev–Trinajstić information content (AvgIpc) is 2.23. The molecule has 0 radical (unpaired) electrons. The molecule has 1 rings (SSSR count). The normalized spacial score (nSPS) is 8.87. The van der Waals surface area contributed by atoms with Crippen molar-refractivity contribution in [2.75, 3.05) is 0 Å². The van der Waals surface area contributed by atoms with Gasteiger partial charge in [-0.1, -0.05) is 35.3 Å². The van der Waals surface area contributed by atoms with Crippen molar-refractivity contribution in [2.24, 2.45) is 0 Å². The lowest BCUT2D eigenvalue weighted by atomic mass is 10.0. The van der Waals surface area contributed by atoms with Crippen molar-refractivity contribution >= 4 is 28.8 Å². The summed E-state index contributed by atoms with van der Waals surface area (Å²) in [4.78, 5) is 0. The lowest BCUT2D eigenvalue weighted by Gasteiger charge is -2.05. The fraction of sp³-hybridized carbons (Fsp3) is 0.0909. The third-order valence-corrected chi connectivity index (χ3v) is 2.77. The monoisotopic (exact) mass is 236 g/mol. The maximum absolute atomic E-state index is 8.71. The van der Waals surface area contributed by atoms with E-state index in [0.29, 0.717) is 21.2 Å². The molecule has 0 aliphatic rings. The Morgan fingerprint density at radius 2 is 1.80 bits per heavy atom. The highest BCUT2D eigenvalue weighted by Crippen LogP contribution is 2.31. The van der Waals surface area contributed by atoms with Gasteiger partial charge in [0.1, 0.15) is 17.7 Å². The van der Waals surface area contributed by atoms with Crippen LogP contribution >= 0.6 is 23.2 Å². The molecule has 15 heavy (non-hydrogen) atoms. The molecule has 1 aromatic rings. The molecular formula is C11H6Cl2N2. The summed E-state index contributed by atoms with van der Waals surface area (Å²) in [7, 11) is 0. The molecule has 1 aromatic carbocycles. The van der Waals surface area contributed by atoms with Crippen LogP contribution in [0.5, 0.6) is 0 Å². The van der Waals surface area contributed by atoms with Crippen molar-refractivity contribution in [1.82, 2.24) is 0 Å². The van der Waals surface area contributed by atoms with Crippen LogP contribution in [-0.2, 0) is 0 Å². The van der Waals surface area contributed by atoms with Gasteiger partial charge in [-0.15, -0.1) is 0 Å². The lowest BCUT2D eigenvalue weighted by molar-refractivity contribution is 1.44. The first kappa shape index (κ1) is 11.6. The number of hydrogen-bond acceptors (Lipinski definition) is 2. The van der Waals surface area contributed by atoms with Gasteiger partial charge in [-0.3, -0.25) is 0 Å². The van der Waals surface area contributed by atoms with Crippen molar-refractivity contribution in [1.29, 1.82) is 10.5 Å². The molecule has 0 amide bonds. The Labute approximate surface area is 98.0 Å². The fourth-order valence-electron chi connectivity index (χ4n) is 1.12.